The van der Waals surface area contributed by atoms with E-state index in [9.17, 15) is 23.8 Å². The number of anilines is 1. The first kappa shape index (κ1) is 13.4. The molecule has 2 N–H and O–H groups in total. The van der Waals surface area contributed by atoms with Crippen molar-refractivity contribution in [1.29, 1.82) is 0 Å². The van der Waals surface area contributed by atoms with Gasteiger partial charge >= 0.3 is 0 Å². The first-order valence-electron chi connectivity index (χ1n) is 6.29. The summed E-state index contributed by atoms with van der Waals surface area (Å²) in [5.74, 6) is -4.00. The predicted molar refractivity (Wildman–Crippen MR) is 69.0 cm³/mol. The summed E-state index contributed by atoms with van der Waals surface area (Å²) in [5, 5.41) is 19.8. The van der Waals surface area contributed by atoms with Gasteiger partial charge < -0.3 is 14.6 Å². The Kier molecular flexibility index (Phi) is 3.04. The van der Waals surface area contributed by atoms with Crippen molar-refractivity contribution < 1.29 is 28.2 Å². The van der Waals surface area contributed by atoms with Gasteiger partial charge in [0.15, 0.2) is 17.4 Å². The van der Waals surface area contributed by atoms with E-state index >= 15 is 0 Å². The third-order valence-electron chi connectivity index (χ3n) is 3.34. The Bertz CT molecular complexity index is 726. The highest BCUT2D eigenvalue weighted by Crippen LogP contribution is 2.47. The second-order valence-corrected chi connectivity index (χ2v) is 4.71. The lowest BCUT2D eigenvalue weighted by molar-refractivity contribution is -0.117. The molecule has 110 valence electrons. The number of aromatic hydroxyl groups is 2. The molecule has 0 atom stereocenters. The molecule has 1 fully saturated rings. The molecule has 0 aliphatic carbocycles. The molecule has 1 amide bonds. The lowest BCUT2D eigenvalue weighted by atomic mass is 10.1. The van der Waals surface area contributed by atoms with E-state index in [1.54, 1.807) is 0 Å². The van der Waals surface area contributed by atoms with Crippen LogP contribution < -0.4 is 4.90 Å². The lowest BCUT2D eigenvalue weighted by Crippen LogP contribution is -2.23. The molecular weight excluding hydrogens is 284 g/mol. The molecule has 0 saturated carbocycles. The van der Waals surface area contributed by atoms with Crippen molar-refractivity contribution in [3.63, 3.8) is 0 Å². The third kappa shape index (κ3) is 2.10. The molecule has 0 radical (unpaired) electrons. The topological polar surface area (TPSA) is 73.9 Å². The first-order chi connectivity index (χ1) is 9.99. The summed E-state index contributed by atoms with van der Waals surface area (Å²) in [4.78, 5) is 12.9. The van der Waals surface area contributed by atoms with E-state index in [2.05, 4.69) is 0 Å². The van der Waals surface area contributed by atoms with Gasteiger partial charge in [0.25, 0.3) is 0 Å². The van der Waals surface area contributed by atoms with Crippen molar-refractivity contribution in [3.05, 3.63) is 29.8 Å². The van der Waals surface area contributed by atoms with Gasteiger partial charge in [-0.3, -0.25) is 9.69 Å². The van der Waals surface area contributed by atoms with Crippen LogP contribution in [0.15, 0.2) is 22.6 Å². The summed E-state index contributed by atoms with van der Waals surface area (Å²) in [6.07, 6.45) is 0.932. The van der Waals surface area contributed by atoms with Gasteiger partial charge in [0, 0.05) is 18.5 Å². The second kappa shape index (κ2) is 4.76. The van der Waals surface area contributed by atoms with Crippen LogP contribution in [0.4, 0.5) is 14.7 Å². The maximum absolute atomic E-state index is 13.2. The maximum atomic E-state index is 13.2. The summed E-state index contributed by atoms with van der Waals surface area (Å²) in [6.45, 7) is 0.358. The fraction of sp³-hybridized carbons (Fsp3) is 0.214. The Balaban J connectivity index is 2.08. The highest BCUT2D eigenvalue weighted by molar-refractivity contribution is 5.96. The molecule has 1 aromatic carbocycles. The number of rotatable bonds is 2. The van der Waals surface area contributed by atoms with Crippen LogP contribution in [0.2, 0.25) is 0 Å². The Morgan fingerprint density at radius 3 is 2.52 bits per heavy atom. The van der Waals surface area contributed by atoms with Crippen LogP contribution >= 0.6 is 0 Å². The number of hydrogen-bond acceptors (Lipinski definition) is 4. The Morgan fingerprint density at radius 1 is 1.14 bits per heavy atom. The molecule has 1 aromatic heterocycles. The van der Waals surface area contributed by atoms with Crippen LogP contribution in [0.1, 0.15) is 12.8 Å². The van der Waals surface area contributed by atoms with E-state index in [4.69, 9.17) is 4.42 Å². The van der Waals surface area contributed by atoms with Gasteiger partial charge in [-0.05, 0) is 24.6 Å². The van der Waals surface area contributed by atoms with Gasteiger partial charge in [-0.25, -0.2) is 8.78 Å². The van der Waals surface area contributed by atoms with Crippen molar-refractivity contribution in [2.45, 2.75) is 12.8 Å². The van der Waals surface area contributed by atoms with Crippen molar-refractivity contribution >= 4 is 11.8 Å². The van der Waals surface area contributed by atoms with Crippen molar-refractivity contribution in [3.8, 4) is 22.8 Å². The Hall–Kier alpha value is -2.57. The van der Waals surface area contributed by atoms with E-state index in [0.717, 1.165) is 12.1 Å². The average Bonchev–Trinajstić information content (AvgIpc) is 2.99. The molecule has 2 heterocycles. The predicted octanol–water partition coefficient (Wildman–Crippen LogP) is 2.76. The maximum Gasteiger partial charge on any atom is 0.249 e. The summed E-state index contributed by atoms with van der Waals surface area (Å²) in [6, 6.07) is 2.92. The molecule has 0 unspecified atom stereocenters. The normalized spacial score (nSPS) is 15.0. The second-order valence-electron chi connectivity index (χ2n) is 4.71. The van der Waals surface area contributed by atoms with Gasteiger partial charge in [-0.15, -0.1) is 0 Å². The van der Waals surface area contributed by atoms with Gasteiger partial charge in [0.1, 0.15) is 0 Å². The lowest BCUT2D eigenvalue weighted by Gasteiger charge is -2.11. The van der Waals surface area contributed by atoms with E-state index in [0.29, 0.717) is 19.4 Å². The van der Waals surface area contributed by atoms with E-state index in [1.165, 1.54) is 11.0 Å². The van der Waals surface area contributed by atoms with Crippen LogP contribution in [0.5, 0.6) is 11.5 Å². The third-order valence-corrected chi connectivity index (χ3v) is 3.34. The van der Waals surface area contributed by atoms with Crippen molar-refractivity contribution in [2.75, 3.05) is 11.4 Å². The Morgan fingerprint density at radius 2 is 1.90 bits per heavy atom. The van der Waals surface area contributed by atoms with Crippen molar-refractivity contribution in [1.82, 2.24) is 0 Å². The fourth-order valence-electron chi connectivity index (χ4n) is 2.28. The molecule has 2 aromatic rings. The van der Waals surface area contributed by atoms with Crippen LogP contribution in [0, 0.1) is 11.6 Å². The Labute approximate surface area is 118 Å². The van der Waals surface area contributed by atoms with Crippen LogP contribution in [0.25, 0.3) is 11.3 Å². The minimum Gasteiger partial charge on any atom is -0.502 e. The quantitative estimate of drug-likeness (QED) is 0.893. The highest BCUT2D eigenvalue weighted by atomic mass is 19.2. The minimum absolute atomic E-state index is 0.0552. The largest absolute Gasteiger partial charge is 0.502 e. The number of nitrogens with zero attached hydrogens (tertiary/aromatic N) is 1. The molecule has 3 rings (SSSR count). The van der Waals surface area contributed by atoms with Gasteiger partial charge in [-0.1, -0.05) is 0 Å². The molecular formula is C14H11F2NO4. The van der Waals surface area contributed by atoms with Crippen LogP contribution in [-0.4, -0.2) is 22.7 Å². The number of benzene rings is 1. The SMILES string of the molecule is O=C1CCCN1c1oc(-c2ccc(F)c(F)c2)c(O)c1O. The average molecular weight is 295 g/mol. The summed E-state index contributed by atoms with van der Waals surface area (Å²) in [5.41, 5.74) is 0.0552. The zero-order chi connectivity index (χ0) is 15.1. The number of furan rings is 1. The molecule has 1 aliphatic rings. The molecule has 1 saturated heterocycles. The summed E-state index contributed by atoms with van der Waals surface area (Å²) < 4.78 is 31.5. The standard InChI is InChI=1S/C14H11F2NO4/c15-8-4-3-7(6-9(8)16)13-11(19)12(20)14(21-13)17-5-1-2-10(17)18/h3-4,6,19-20H,1-2,5H2. The first-order valence-corrected chi connectivity index (χ1v) is 6.29. The van der Waals surface area contributed by atoms with E-state index < -0.39 is 23.1 Å². The van der Waals surface area contributed by atoms with Gasteiger partial charge in [0.2, 0.25) is 23.3 Å². The van der Waals surface area contributed by atoms with Gasteiger partial charge in [0.05, 0.1) is 0 Å². The van der Waals surface area contributed by atoms with Crippen LogP contribution in [-0.2, 0) is 4.79 Å². The number of amides is 1. The number of hydrogen-bond donors (Lipinski definition) is 2. The molecule has 7 heteroatoms. The van der Waals surface area contributed by atoms with Crippen LogP contribution in [0.3, 0.4) is 0 Å². The molecule has 0 spiro atoms. The fourth-order valence-corrected chi connectivity index (χ4v) is 2.28. The number of halogens is 2. The monoisotopic (exact) mass is 295 g/mol. The molecule has 0 bridgehead atoms. The molecule has 5 nitrogen and oxygen atoms in total. The van der Waals surface area contributed by atoms with Gasteiger partial charge in [-0.2, -0.15) is 0 Å². The molecule has 1 aliphatic heterocycles. The summed E-state index contributed by atoms with van der Waals surface area (Å²) >= 11 is 0. The summed E-state index contributed by atoms with van der Waals surface area (Å²) in [7, 11) is 0. The minimum atomic E-state index is -1.11. The van der Waals surface area contributed by atoms with E-state index in [1.807, 2.05) is 0 Å². The number of carbonyl (C=O) groups excluding carboxylic acids is 1. The van der Waals surface area contributed by atoms with Crippen molar-refractivity contribution in [2.24, 2.45) is 0 Å². The van der Waals surface area contributed by atoms with E-state index in [-0.39, 0.29) is 23.1 Å². The highest BCUT2D eigenvalue weighted by Gasteiger charge is 2.31. The smallest absolute Gasteiger partial charge is 0.249 e. The molecule has 21 heavy (non-hydrogen) atoms. The number of carbonyl (C=O) groups is 1. The zero-order valence-electron chi connectivity index (χ0n) is 10.8. The zero-order valence-corrected chi connectivity index (χ0v) is 10.8.